The van der Waals surface area contributed by atoms with Crippen molar-refractivity contribution in [2.75, 3.05) is 33.1 Å². The highest BCUT2D eigenvalue weighted by molar-refractivity contribution is 9.10. The van der Waals surface area contributed by atoms with Crippen LogP contribution in [-0.4, -0.2) is 43.7 Å². The number of hydrogen-bond acceptors (Lipinski definition) is 4. The first-order valence-electron chi connectivity index (χ1n) is 7.23. The molecule has 0 amide bonds. The first kappa shape index (κ1) is 19.9. The molecule has 1 atom stereocenters. The fourth-order valence-corrected chi connectivity index (χ4v) is 2.41. The summed E-state index contributed by atoms with van der Waals surface area (Å²) >= 11 is 3.40. The molecule has 1 aromatic carbocycles. The van der Waals surface area contributed by atoms with Gasteiger partial charge in [-0.15, -0.1) is 17.0 Å². The molecule has 0 aliphatic carbocycles. The molecule has 126 valence electrons. The molecule has 2 rings (SSSR count). The summed E-state index contributed by atoms with van der Waals surface area (Å²) in [6.07, 6.45) is 2.77. The van der Waals surface area contributed by atoms with Gasteiger partial charge in [0.2, 0.25) is 0 Å². The number of halogens is 2. The number of benzene rings is 1. The van der Waals surface area contributed by atoms with E-state index in [2.05, 4.69) is 57.4 Å². The second kappa shape index (κ2) is 9.90. The lowest BCUT2D eigenvalue weighted by molar-refractivity contribution is 0.303. The minimum atomic E-state index is 0. The maximum absolute atomic E-state index is 5.20. The van der Waals surface area contributed by atoms with E-state index in [9.17, 15) is 0 Å². The van der Waals surface area contributed by atoms with Gasteiger partial charge in [-0.3, -0.25) is 0 Å². The van der Waals surface area contributed by atoms with Crippen molar-refractivity contribution in [3.8, 4) is 5.75 Å². The third-order valence-corrected chi connectivity index (χ3v) is 4.08. The van der Waals surface area contributed by atoms with E-state index in [1.54, 1.807) is 13.3 Å². The van der Waals surface area contributed by atoms with Crippen molar-refractivity contribution in [2.24, 2.45) is 0 Å². The maximum Gasteiger partial charge on any atom is 0.126 e. The number of hydrogen-bond donors (Lipinski definition) is 1. The van der Waals surface area contributed by atoms with Gasteiger partial charge in [-0.05, 0) is 66.3 Å². The van der Waals surface area contributed by atoms with Crippen LogP contribution in [-0.2, 0) is 6.42 Å². The minimum Gasteiger partial charge on any atom is -0.497 e. The second-order valence-corrected chi connectivity index (χ2v) is 6.33. The molecule has 23 heavy (non-hydrogen) atoms. The first-order chi connectivity index (χ1) is 10.6. The summed E-state index contributed by atoms with van der Waals surface area (Å²) in [5.74, 6) is 1.78. The lowest BCUT2D eigenvalue weighted by atomic mass is 10.0. The van der Waals surface area contributed by atoms with Gasteiger partial charge in [0.1, 0.15) is 11.6 Å². The van der Waals surface area contributed by atoms with Gasteiger partial charge in [0.15, 0.2) is 0 Å². The lowest BCUT2D eigenvalue weighted by Crippen LogP contribution is -2.36. The number of methoxy groups -OCH3 is 1. The van der Waals surface area contributed by atoms with Crippen LogP contribution in [0.5, 0.6) is 5.75 Å². The average molecular weight is 445 g/mol. The van der Waals surface area contributed by atoms with Crippen molar-refractivity contribution in [1.82, 2.24) is 9.88 Å². The summed E-state index contributed by atoms with van der Waals surface area (Å²) in [5, 5.41) is 3.40. The summed E-state index contributed by atoms with van der Waals surface area (Å²) < 4.78 is 6.19. The number of likely N-dealkylation sites (N-methyl/N-ethyl adjacent to an activating group) is 1. The molecule has 0 aliphatic rings. The minimum absolute atomic E-state index is 0. The van der Waals surface area contributed by atoms with Gasteiger partial charge in [0.05, 0.1) is 7.11 Å². The molecule has 0 bridgehead atoms. The SMILES string of the molecule is Br.COc1ccc(CC(CNc2ccc(Br)cn2)N(C)C)cc1. The van der Waals surface area contributed by atoms with E-state index in [0.29, 0.717) is 6.04 Å². The predicted molar refractivity (Wildman–Crippen MR) is 105 cm³/mol. The second-order valence-electron chi connectivity index (χ2n) is 5.41. The van der Waals surface area contributed by atoms with Crippen LogP contribution >= 0.6 is 32.9 Å². The third-order valence-electron chi connectivity index (χ3n) is 3.61. The zero-order chi connectivity index (χ0) is 15.9. The Balaban J connectivity index is 0.00000264. The van der Waals surface area contributed by atoms with Crippen LogP contribution in [0.15, 0.2) is 47.1 Å². The standard InChI is InChI=1S/C17H22BrN3O.BrH/c1-21(2)15(10-13-4-7-16(22-3)8-5-13)12-20-17-9-6-14(18)11-19-17;/h4-9,11,15H,10,12H2,1-3H3,(H,19,20);1H. The molecule has 0 spiro atoms. The van der Waals surface area contributed by atoms with Crippen molar-refractivity contribution in [2.45, 2.75) is 12.5 Å². The number of nitrogens with zero attached hydrogens (tertiary/aromatic N) is 2. The smallest absolute Gasteiger partial charge is 0.126 e. The molecule has 1 unspecified atom stereocenters. The number of rotatable bonds is 7. The molecule has 1 heterocycles. The van der Waals surface area contributed by atoms with Crippen molar-refractivity contribution >= 4 is 38.7 Å². The highest BCUT2D eigenvalue weighted by Gasteiger charge is 2.12. The Labute approximate surface area is 157 Å². The van der Waals surface area contributed by atoms with E-state index < -0.39 is 0 Å². The van der Waals surface area contributed by atoms with E-state index in [-0.39, 0.29) is 17.0 Å². The van der Waals surface area contributed by atoms with Gasteiger partial charge < -0.3 is 15.0 Å². The lowest BCUT2D eigenvalue weighted by Gasteiger charge is -2.25. The molecular weight excluding hydrogens is 422 g/mol. The van der Waals surface area contributed by atoms with E-state index >= 15 is 0 Å². The monoisotopic (exact) mass is 443 g/mol. The highest BCUT2D eigenvalue weighted by atomic mass is 79.9. The quantitative estimate of drug-likeness (QED) is 0.699. The van der Waals surface area contributed by atoms with Crippen LogP contribution in [0, 0.1) is 0 Å². The number of aromatic nitrogens is 1. The van der Waals surface area contributed by atoms with Crippen LogP contribution in [0.3, 0.4) is 0 Å². The molecule has 0 saturated heterocycles. The molecule has 1 aromatic heterocycles. The van der Waals surface area contributed by atoms with Gasteiger partial charge in [0, 0.05) is 23.3 Å². The zero-order valence-electron chi connectivity index (χ0n) is 13.6. The Morgan fingerprint density at radius 1 is 1.17 bits per heavy atom. The summed E-state index contributed by atoms with van der Waals surface area (Å²) in [6, 6.07) is 12.6. The summed E-state index contributed by atoms with van der Waals surface area (Å²) in [6.45, 7) is 0.841. The topological polar surface area (TPSA) is 37.4 Å². The van der Waals surface area contributed by atoms with Gasteiger partial charge in [0.25, 0.3) is 0 Å². The van der Waals surface area contributed by atoms with E-state index in [0.717, 1.165) is 29.0 Å². The fraction of sp³-hybridized carbons (Fsp3) is 0.353. The van der Waals surface area contributed by atoms with E-state index in [1.165, 1.54) is 5.56 Å². The Hall–Kier alpha value is -1.11. The Bertz CT molecular complexity index is 573. The first-order valence-corrected chi connectivity index (χ1v) is 8.02. The molecule has 0 radical (unpaired) electrons. The summed E-state index contributed by atoms with van der Waals surface area (Å²) in [4.78, 5) is 6.58. The van der Waals surface area contributed by atoms with Crippen molar-refractivity contribution < 1.29 is 4.74 Å². The molecule has 4 nitrogen and oxygen atoms in total. The normalized spacial score (nSPS) is 11.7. The van der Waals surface area contributed by atoms with Crippen LogP contribution < -0.4 is 10.1 Å². The van der Waals surface area contributed by atoms with Crippen LogP contribution in [0.25, 0.3) is 0 Å². The van der Waals surface area contributed by atoms with Crippen molar-refractivity contribution in [3.05, 3.63) is 52.6 Å². The Kier molecular flexibility index (Phi) is 8.58. The molecular formula is C17H23Br2N3O. The van der Waals surface area contributed by atoms with E-state index in [1.807, 2.05) is 24.3 Å². The van der Waals surface area contributed by atoms with Gasteiger partial charge in [-0.1, -0.05) is 12.1 Å². The van der Waals surface area contributed by atoms with Crippen molar-refractivity contribution in [3.63, 3.8) is 0 Å². The third kappa shape index (κ3) is 6.49. The molecule has 1 N–H and O–H groups in total. The van der Waals surface area contributed by atoms with Crippen molar-refractivity contribution in [1.29, 1.82) is 0 Å². The Morgan fingerprint density at radius 2 is 1.87 bits per heavy atom. The highest BCUT2D eigenvalue weighted by Crippen LogP contribution is 2.15. The molecule has 0 fully saturated rings. The molecule has 0 saturated carbocycles. The van der Waals surface area contributed by atoms with Crippen LogP contribution in [0.2, 0.25) is 0 Å². The molecule has 0 aliphatic heterocycles. The van der Waals surface area contributed by atoms with E-state index in [4.69, 9.17) is 4.74 Å². The largest absolute Gasteiger partial charge is 0.497 e. The number of nitrogens with one attached hydrogen (secondary N) is 1. The maximum atomic E-state index is 5.20. The van der Waals surface area contributed by atoms with Gasteiger partial charge in [-0.2, -0.15) is 0 Å². The van der Waals surface area contributed by atoms with Gasteiger partial charge >= 0.3 is 0 Å². The Morgan fingerprint density at radius 3 is 2.39 bits per heavy atom. The zero-order valence-corrected chi connectivity index (χ0v) is 16.9. The summed E-state index contributed by atoms with van der Waals surface area (Å²) in [7, 11) is 5.89. The van der Waals surface area contributed by atoms with Crippen LogP contribution in [0.4, 0.5) is 5.82 Å². The van der Waals surface area contributed by atoms with Gasteiger partial charge in [-0.25, -0.2) is 4.98 Å². The summed E-state index contributed by atoms with van der Waals surface area (Å²) in [5.41, 5.74) is 1.30. The molecule has 6 heteroatoms. The average Bonchev–Trinajstić information content (AvgIpc) is 2.53. The fourth-order valence-electron chi connectivity index (χ4n) is 2.17. The molecule has 2 aromatic rings. The number of anilines is 1. The number of pyridine rings is 1. The number of ether oxygens (including phenoxy) is 1. The van der Waals surface area contributed by atoms with Crippen LogP contribution in [0.1, 0.15) is 5.56 Å². The predicted octanol–water partition coefficient (Wildman–Crippen LogP) is 4.02.